The third kappa shape index (κ3) is 2.38. The Morgan fingerprint density at radius 3 is 2.76 bits per heavy atom. The van der Waals surface area contributed by atoms with Crippen molar-refractivity contribution in [1.82, 2.24) is 0 Å². The minimum absolute atomic E-state index is 0.151. The SMILES string of the molecule is Cc1ccccc1C1CCCN1c1cccc(F)c1C#N. The molecule has 2 aromatic rings. The molecule has 0 radical (unpaired) electrons. The molecule has 1 saturated heterocycles. The number of hydrogen-bond donors (Lipinski definition) is 0. The minimum atomic E-state index is -0.439. The summed E-state index contributed by atoms with van der Waals surface area (Å²) in [6.07, 6.45) is 2.09. The highest BCUT2D eigenvalue weighted by molar-refractivity contribution is 5.62. The van der Waals surface area contributed by atoms with Crippen LogP contribution in [0.4, 0.5) is 10.1 Å². The second kappa shape index (κ2) is 5.57. The summed E-state index contributed by atoms with van der Waals surface area (Å²) < 4.78 is 13.9. The molecule has 21 heavy (non-hydrogen) atoms. The maximum Gasteiger partial charge on any atom is 0.143 e. The summed E-state index contributed by atoms with van der Waals surface area (Å²) in [7, 11) is 0. The number of hydrogen-bond acceptors (Lipinski definition) is 2. The van der Waals surface area contributed by atoms with E-state index in [9.17, 15) is 9.65 Å². The van der Waals surface area contributed by atoms with Crippen molar-refractivity contribution in [3.8, 4) is 6.07 Å². The number of nitriles is 1. The largest absolute Gasteiger partial charge is 0.363 e. The van der Waals surface area contributed by atoms with Crippen molar-refractivity contribution in [2.75, 3.05) is 11.4 Å². The molecule has 1 aliphatic rings. The summed E-state index contributed by atoms with van der Waals surface area (Å²) in [4.78, 5) is 2.17. The molecule has 2 nitrogen and oxygen atoms in total. The van der Waals surface area contributed by atoms with Gasteiger partial charge in [-0.05, 0) is 43.0 Å². The molecule has 0 aliphatic carbocycles. The summed E-state index contributed by atoms with van der Waals surface area (Å²) >= 11 is 0. The van der Waals surface area contributed by atoms with Crippen LogP contribution in [-0.4, -0.2) is 6.54 Å². The number of benzene rings is 2. The normalized spacial score (nSPS) is 17.8. The van der Waals surface area contributed by atoms with Gasteiger partial charge in [-0.25, -0.2) is 4.39 Å². The first-order valence-electron chi connectivity index (χ1n) is 7.23. The van der Waals surface area contributed by atoms with Gasteiger partial charge in [-0.15, -0.1) is 0 Å². The van der Waals surface area contributed by atoms with E-state index in [1.807, 2.05) is 24.3 Å². The van der Waals surface area contributed by atoms with Crippen molar-refractivity contribution in [1.29, 1.82) is 5.26 Å². The summed E-state index contributed by atoms with van der Waals surface area (Å²) in [6, 6.07) is 15.4. The molecule has 0 spiro atoms. The van der Waals surface area contributed by atoms with Gasteiger partial charge in [-0.3, -0.25) is 0 Å². The van der Waals surface area contributed by atoms with E-state index in [1.165, 1.54) is 17.2 Å². The van der Waals surface area contributed by atoms with Gasteiger partial charge in [0.25, 0.3) is 0 Å². The molecule has 1 atom stereocenters. The highest BCUT2D eigenvalue weighted by atomic mass is 19.1. The molecule has 0 N–H and O–H groups in total. The fraction of sp³-hybridized carbons (Fsp3) is 0.278. The van der Waals surface area contributed by atoms with E-state index in [0.29, 0.717) is 5.69 Å². The Hall–Kier alpha value is -2.34. The van der Waals surface area contributed by atoms with Gasteiger partial charge in [-0.1, -0.05) is 30.3 Å². The first-order valence-corrected chi connectivity index (χ1v) is 7.23. The first kappa shape index (κ1) is 13.6. The molecule has 0 saturated carbocycles. The van der Waals surface area contributed by atoms with Crippen molar-refractivity contribution < 1.29 is 4.39 Å². The van der Waals surface area contributed by atoms with Crippen molar-refractivity contribution in [2.24, 2.45) is 0 Å². The van der Waals surface area contributed by atoms with Crippen LogP contribution in [0.15, 0.2) is 42.5 Å². The van der Waals surface area contributed by atoms with E-state index in [4.69, 9.17) is 0 Å². The zero-order chi connectivity index (χ0) is 14.8. The van der Waals surface area contributed by atoms with Crippen LogP contribution in [0.5, 0.6) is 0 Å². The van der Waals surface area contributed by atoms with Crippen LogP contribution in [0.1, 0.15) is 35.6 Å². The third-order valence-electron chi connectivity index (χ3n) is 4.21. The van der Waals surface area contributed by atoms with Crippen LogP contribution in [0, 0.1) is 24.1 Å². The summed E-state index contributed by atoms with van der Waals surface area (Å²) in [6.45, 7) is 2.96. The lowest BCUT2D eigenvalue weighted by molar-refractivity contribution is 0.621. The quantitative estimate of drug-likeness (QED) is 0.818. The van der Waals surface area contributed by atoms with Crippen molar-refractivity contribution in [3.63, 3.8) is 0 Å². The highest BCUT2D eigenvalue weighted by Crippen LogP contribution is 2.39. The molecule has 1 aliphatic heterocycles. The highest BCUT2D eigenvalue weighted by Gasteiger charge is 2.29. The van der Waals surface area contributed by atoms with Crippen molar-refractivity contribution in [2.45, 2.75) is 25.8 Å². The van der Waals surface area contributed by atoms with Gasteiger partial charge in [0.2, 0.25) is 0 Å². The average molecular weight is 280 g/mol. The van der Waals surface area contributed by atoms with E-state index in [2.05, 4.69) is 24.0 Å². The Balaban J connectivity index is 2.05. The summed E-state index contributed by atoms with van der Waals surface area (Å²) in [5.41, 5.74) is 3.37. The maximum absolute atomic E-state index is 13.9. The van der Waals surface area contributed by atoms with Crippen LogP contribution in [0.2, 0.25) is 0 Å². The number of rotatable bonds is 2. The first-order chi connectivity index (χ1) is 10.2. The van der Waals surface area contributed by atoms with E-state index < -0.39 is 5.82 Å². The molecule has 3 heteroatoms. The monoisotopic (exact) mass is 280 g/mol. The Bertz CT molecular complexity index is 703. The van der Waals surface area contributed by atoms with Crippen LogP contribution >= 0.6 is 0 Å². The molecule has 106 valence electrons. The molecule has 1 unspecified atom stereocenters. The number of aryl methyl sites for hydroxylation is 1. The zero-order valence-corrected chi connectivity index (χ0v) is 12.0. The molecule has 3 rings (SSSR count). The molecular weight excluding hydrogens is 263 g/mol. The van der Waals surface area contributed by atoms with Crippen LogP contribution in [-0.2, 0) is 0 Å². The number of nitrogens with zero attached hydrogens (tertiary/aromatic N) is 2. The summed E-state index contributed by atoms with van der Waals surface area (Å²) in [5, 5.41) is 9.25. The summed E-state index contributed by atoms with van der Waals surface area (Å²) in [5.74, 6) is -0.439. The molecule has 2 aromatic carbocycles. The zero-order valence-electron chi connectivity index (χ0n) is 12.0. The fourth-order valence-electron chi connectivity index (χ4n) is 3.20. The van der Waals surface area contributed by atoms with Gasteiger partial charge in [-0.2, -0.15) is 5.26 Å². The topological polar surface area (TPSA) is 27.0 Å². The van der Waals surface area contributed by atoms with Crippen molar-refractivity contribution >= 4 is 5.69 Å². The van der Waals surface area contributed by atoms with Crippen molar-refractivity contribution in [3.05, 3.63) is 65.0 Å². The molecule has 0 aromatic heterocycles. The lowest BCUT2D eigenvalue weighted by atomic mass is 9.98. The Morgan fingerprint density at radius 1 is 1.19 bits per heavy atom. The minimum Gasteiger partial charge on any atom is -0.363 e. The van der Waals surface area contributed by atoms with E-state index in [-0.39, 0.29) is 11.6 Å². The number of anilines is 1. The standard InChI is InChI=1S/C18H17FN2/c1-13-6-2-3-7-14(13)17-10-5-11-21(17)18-9-4-8-16(19)15(18)12-20/h2-4,6-9,17H,5,10-11H2,1H3. The lowest BCUT2D eigenvalue weighted by Gasteiger charge is -2.29. The van der Waals surface area contributed by atoms with Gasteiger partial charge in [0.1, 0.15) is 17.4 Å². The third-order valence-corrected chi connectivity index (χ3v) is 4.21. The average Bonchev–Trinajstić information content (AvgIpc) is 2.96. The fourth-order valence-corrected chi connectivity index (χ4v) is 3.20. The number of halogens is 1. The predicted octanol–water partition coefficient (Wildman–Crippen LogP) is 4.35. The lowest BCUT2D eigenvalue weighted by Crippen LogP contribution is -2.24. The van der Waals surface area contributed by atoms with Gasteiger partial charge >= 0.3 is 0 Å². The van der Waals surface area contributed by atoms with E-state index in [1.54, 1.807) is 6.07 Å². The molecule has 1 heterocycles. The van der Waals surface area contributed by atoms with Gasteiger partial charge < -0.3 is 4.90 Å². The maximum atomic E-state index is 13.9. The molecule has 0 bridgehead atoms. The Kier molecular flexibility index (Phi) is 3.62. The van der Waals surface area contributed by atoms with Crippen LogP contribution in [0.25, 0.3) is 0 Å². The van der Waals surface area contributed by atoms with E-state index >= 15 is 0 Å². The second-order valence-corrected chi connectivity index (χ2v) is 5.45. The van der Waals surface area contributed by atoms with Crippen LogP contribution in [0.3, 0.4) is 0 Å². The van der Waals surface area contributed by atoms with Gasteiger partial charge in [0.15, 0.2) is 0 Å². The Morgan fingerprint density at radius 2 is 2.00 bits per heavy atom. The van der Waals surface area contributed by atoms with Gasteiger partial charge in [0.05, 0.1) is 11.7 Å². The second-order valence-electron chi connectivity index (χ2n) is 5.45. The molecule has 1 fully saturated rings. The van der Waals surface area contributed by atoms with Crippen LogP contribution < -0.4 is 4.90 Å². The molecular formula is C18H17FN2. The predicted molar refractivity (Wildman–Crippen MR) is 81.6 cm³/mol. The van der Waals surface area contributed by atoms with Gasteiger partial charge in [0, 0.05) is 6.54 Å². The smallest absolute Gasteiger partial charge is 0.143 e. The molecule has 0 amide bonds. The Labute approximate surface area is 124 Å². The van der Waals surface area contributed by atoms with E-state index in [0.717, 1.165) is 19.4 Å².